The summed E-state index contributed by atoms with van der Waals surface area (Å²) in [6.45, 7) is 7.39. The molecule has 2 aromatic heterocycles. The number of rotatable bonds is 7. The van der Waals surface area contributed by atoms with Crippen LogP contribution in [0.25, 0.3) is 0 Å². The number of hydrogen-bond acceptors (Lipinski definition) is 4. The second-order valence-electron chi connectivity index (χ2n) is 5.08. The Labute approximate surface area is 130 Å². The second-order valence-corrected chi connectivity index (χ2v) is 5.08. The molecule has 0 bridgehead atoms. The molecule has 0 radical (unpaired) electrons. The molecule has 0 aromatic carbocycles. The van der Waals surface area contributed by atoms with Crippen LogP contribution in [-0.4, -0.2) is 27.3 Å². The van der Waals surface area contributed by atoms with E-state index in [0.717, 1.165) is 17.0 Å². The Bertz CT molecular complexity index is 637. The minimum absolute atomic E-state index is 0.0149. The molecule has 0 unspecified atom stereocenters. The van der Waals surface area contributed by atoms with Gasteiger partial charge in [-0.05, 0) is 32.9 Å². The van der Waals surface area contributed by atoms with Crippen LogP contribution in [0, 0.1) is 13.8 Å². The van der Waals surface area contributed by atoms with Crippen molar-refractivity contribution in [2.75, 3.05) is 6.61 Å². The molecule has 2 heterocycles. The smallest absolute Gasteiger partial charge is 0.222 e. The summed E-state index contributed by atoms with van der Waals surface area (Å²) in [4.78, 5) is 16.1. The van der Waals surface area contributed by atoms with E-state index in [9.17, 15) is 4.79 Å². The predicted octanol–water partition coefficient (Wildman–Crippen LogP) is 2.00. The quantitative estimate of drug-likeness (QED) is 0.849. The van der Waals surface area contributed by atoms with Gasteiger partial charge in [-0.25, -0.2) is 4.98 Å². The summed E-state index contributed by atoms with van der Waals surface area (Å²) in [6, 6.07) is 5.74. The molecule has 0 saturated heterocycles. The minimum Gasteiger partial charge on any atom is -0.478 e. The molecule has 0 aliphatic heterocycles. The van der Waals surface area contributed by atoms with Crippen molar-refractivity contribution in [2.24, 2.45) is 0 Å². The predicted molar refractivity (Wildman–Crippen MR) is 83.6 cm³/mol. The van der Waals surface area contributed by atoms with E-state index in [4.69, 9.17) is 4.74 Å². The van der Waals surface area contributed by atoms with Crippen LogP contribution in [0.3, 0.4) is 0 Å². The number of carbonyl (C=O) groups is 1. The van der Waals surface area contributed by atoms with E-state index in [-0.39, 0.29) is 5.91 Å². The van der Waals surface area contributed by atoms with E-state index in [1.165, 1.54) is 0 Å². The van der Waals surface area contributed by atoms with Crippen LogP contribution >= 0.6 is 0 Å². The Balaban J connectivity index is 1.84. The SMILES string of the molecule is CCOc1ncccc1CNC(=O)CCn1nc(C)cc1C. The molecule has 0 atom stereocenters. The molecule has 22 heavy (non-hydrogen) atoms. The van der Waals surface area contributed by atoms with Crippen LogP contribution in [0.5, 0.6) is 5.88 Å². The molecule has 0 aliphatic carbocycles. The largest absolute Gasteiger partial charge is 0.478 e. The van der Waals surface area contributed by atoms with Gasteiger partial charge in [0.05, 0.1) is 12.3 Å². The molecule has 0 fully saturated rings. The molecular formula is C16H22N4O2. The molecule has 6 heteroatoms. The first-order valence-corrected chi connectivity index (χ1v) is 7.44. The van der Waals surface area contributed by atoms with Gasteiger partial charge in [0.2, 0.25) is 11.8 Å². The first kappa shape index (κ1) is 16.0. The highest BCUT2D eigenvalue weighted by atomic mass is 16.5. The maximum absolute atomic E-state index is 12.0. The molecule has 0 aliphatic rings. The van der Waals surface area contributed by atoms with Crippen LogP contribution in [0.2, 0.25) is 0 Å². The topological polar surface area (TPSA) is 69.0 Å². The number of aryl methyl sites for hydroxylation is 3. The first-order valence-electron chi connectivity index (χ1n) is 7.44. The molecule has 6 nitrogen and oxygen atoms in total. The van der Waals surface area contributed by atoms with Crippen molar-refractivity contribution >= 4 is 5.91 Å². The summed E-state index contributed by atoms with van der Waals surface area (Å²) >= 11 is 0. The summed E-state index contributed by atoms with van der Waals surface area (Å²) in [7, 11) is 0. The van der Waals surface area contributed by atoms with Gasteiger partial charge < -0.3 is 10.1 Å². The lowest BCUT2D eigenvalue weighted by Crippen LogP contribution is -2.24. The maximum atomic E-state index is 12.0. The maximum Gasteiger partial charge on any atom is 0.222 e. The minimum atomic E-state index is -0.0149. The van der Waals surface area contributed by atoms with E-state index < -0.39 is 0 Å². The summed E-state index contributed by atoms with van der Waals surface area (Å²) < 4.78 is 7.29. The van der Waals surface area contributed by atoms with Crippen LogP contribution in [0.1, 0.15) is 30.3 Å². The van der Waals surface area contributed by atoms with Gasteiger partial charge in [0.25, 0.3) is 0 Å². The van der Waals surface area contributed by atoms with E-state index in [1.54, 1.807) is 6.20 Å². The number of nitrogens with one attached hydrogen (secondary N) is 1. The fraction of sp³-hybridized carbons (Fsp3) is 0.438. The van der Waals surface area contributed by atoms with Crippen LogP contribution in [-0.2, 0) is 17.9 Å². The number of aromatic nitrogens is 3. The summed E-state index contributed by atoms with van der Waals surface area (Å²) in [5.41, 5.74) is 2.91. The van der Waals surface area contributed by atoms with Gasteiger partial charge in [-0.2, -0.15) is 5.10 Å². The Morgan fingerprint density at radius 3 is 2.91 bits per heavy atom. The molecule has 118 valence electrons. The van der Waals surface area contributed by atoms with E-state index >= 15 is 0 Å². The monoisotopic (exact) mass is 302 g/mol. The van der Waals surface area contributed by atoms with Crippen molar-refractivity contribution in [1.82, 2.24) is 20.1 Å². The molecular weight excluding hydrogens is 280 g/mol. The van der Waals surface area contributed by atoms with Crippen molar-refractivity contribution in [3.8, 4) is 5.88 Å². The summed E-state index contributed by atoms with van der Waals surface area (Å²) in [5, 5.41) is 7.24. The number of nitrogens with zero attached hydrogens (tertiary/aromatic N) is 3. The molecule has 0 saturated carbocycles. The lowest BCUT2D eigenvalue weighted by molar-refractivity contribution is -0.121. The Kier molecular flexibility index (Phi) is 5.52. The molecule has 0 spiro atoms. The lowest BCUT2D eigenvalue weighted by Gasteiger charge is -2.10. The van der Waals surface area contributed by atoms with Gasteiger partial charge in [-0.3, -0.25) is 9.48 Å². The molecule has 2 aromatic rings. The number of hydrogen-bond donors (Lipinski definition) is 1. The van der Waals surface area contributed by atoms with Gasteiger partial charge in [0.1, 0.15) is 0 Å². The van der Waals surface area contributed by atoms with Gasteiger partial charge in [0, 0.05) is 37.0 Å². The molecule has 1 N–H and O–H groups in total. The average Bonchev–Trinajstić information content (AvgIpc) is 2.82. The highest BCUT2D eigenvalue weighted by molar-refractivity contribution is 5.75. The van der Waals surface area contributed by atoms with Gasteiger partial charge >= 0.3 is 0 Å². The van der Waals surface area contributed by atoms with Crippen LogP contribution < -0.4 is 10.1 Å². The third kappa shape index (κ3) is 4.31. The van der Waals surface area contributed by atoms with Crippen molar-refractivity contribution in [3.63, 3.8) is 0 Å². The van der Waals surface area contributed by atoms with Crippen molar-refractivity contribution in [2.45, 2.75) is 40.3 Å². The van der Waals surface area contributed by atoms with Crippen LogP contribution in [0.4, 0.5) is 0 Å². The van der Waals surface area contributed by atoms with Crippen LogP contribution in [0.15, 0.2) is 24.4 Å². The zero-order valence-electron chi connectivity index (χ0n) is 13.3. The first-order chi connectivity index (χ1) is 10.6. The second kappa shape index (κ2) is 7.59. The number of ether oxygens (including phenoxy) is 1. The average molecular weight is 302 g/mol. The summed E-state index contributed by atoms with van der Waals surface area (Å²) in [6.07, 6.45) is 2.07. The zero-order chi connectivity index (χ0) is 15.9. The normalized spacial score (nSPS) is 10.5. The lowest BCUT2D eigenvalue weighted by atomic mass is 10.2. The van der Waals surface area contributed by atoms with Gasteiger partial charge in [0.15, 0.2) is 0 Å². The Morgan fingerprint density at radius 1 is 1.41 bits per heavy atom. The molecule has 2 rings (SSSR count). The zero-order valence-corrected chi connectivity index (χ0v) is 13.3. The van der Waals surface area contributed by atoms with Gasteiger partial charge in [-0.15, -0.1) is 0 Å². The van der Waals surface area contributed by atoms with E-state index in [1.807, 2.05) is 43.7 Å². The van der Waals surface area contributed by atoms with Crippen molar-refractivity contribution < 1.29 is 9.53 Å². The van der Waals surface area contributed by atoms with E-state index in [0.29, 0.717) is 32.0 Å². The van der Waals surface area contributed by atoms with Crippen molar-refractivity contribution in [3.05, 3.63) is 41.3 Å². The summed E-state index contributed by atoms with van der Waals surface area (Å²) in [5.74, 6) is 0.558. The Hall–Kier alpha value is -2.37. The fourth-order valence-electron chi connectivity index (χ4n) is 2.22. The highest BCUT2D eigenvalue weighted by Crippen LogP contribution is 2.13. The Morgan fingerprint density at radius 2 is 2.23 bits per heavy atom. The number of amides is 1. The third-order valence-electron chi connectivity index (χ3n) is 3.26. The van der Waals surface area contributed by atoms with E-state index in [2.05, 4.69) is 15.4 Å². The third-order valence-corrected chi connectivity index (χ3v) is 3.26. The fourth-order valence-corrected chi connectivity index (χ4v) is 2.22. The molecule has 1 amide bonds. The standard InChI is InChI=1S/C16H22N4O2/c1-4-22-16-14(6-5-8-17-16)11-18-15(21)7-9-20-13(3)10-12(2)19-20/h5-6,8,10H,4,7,9,11H2,1-3H3,(H,18,21). The number of pyridine rings is 1. The van der Waals surface area contributed by atoms with Gasteiger partial charge in [-0.1, -0.05) is 6.07 Å². The number of carbonyl (C=O) groups excluding carboxylic acids is 1. The van der Waals surface area contributed by atoms with Crippen molar-refractivity contribution in [1.29, 1.82) is 0 Å². The highest BCUT2D eigenvalue weighted by Gasteiger charge is 2.08.